The first kappa shape index (κ1) is 15.1. The standard InChI is InChI=1S/C12H10N4O6/c1-13(2)12-8(14-10(17)3-4-11(14)18)5-7(15(19)20)6-9(12)16(21)22/h3-6H,1-2H3. The van der Waals surface area contributed by atoms with Gasteiger partial charge in [-0.1, -0.05) is 0 Å². The molecule has 0 saturated carbocycles. The number of imide groups is 1. The molecule has 0 aliphatic carbocycles. The highest BCUT2D eigenvalue weighted by Gasteiger charge is 2.34. The number of amides is 2. The summed E-state index contributed by atoms with van der Waals surface area (Å²) in [6, 6.07) is 1.75. The monoisotopic (exact) mass is 306 g/mol. The van der Waals surface area contributed by atoms with Gasteiger partial charge in [-0.25, -0.2) is 4.90 Å². The molecule has 0 aromatic heterocycles. The van der Waals surface area contributed by atoms with Gasteiger partial charge in [0.15, 0.2) is 0 Å². The lowest BCUT2D eigenvalue weighted by atomic mass is 10.1. The van der Waals surface area contributed by atoms with Gasteiger partial charge in [-0.2, -0.15) is 0 Å². The molecule has 0 radical (unpaired) electrons. The third-order valence-electron chi connectivity index (χ3n) is 2.96. The van der Waals surface area contributed by atoms with Crippen LogP contribution in [0.2, 0.25) is 0 Å². The Hall–Kier alpha value is -3.30. The minimum Gasteiger partial charge on any atom is -0.370 e. The summed E-state index contributed by atoms with van der Waals surface area (Å²) in [5.74, 6) is -1.44. The molecule has 0 N–H and O–H groups in total. The van der Waals surface area contributed by atoms with E-state index in [2.05, 4.69) is 0 Å². The van der Waals surface area contributed by atoms with E-state index in [0.717, 1.165) is 24.3 Å². The van der Waals surface area contributed by atoms with Crippen molar-refractivity contribution in [2.24, 2.45) is 0 Å². The lowest BCUT2D eigenvalue weighted by Gasteiger charge is -2.22. The Morgan fingerprint density at radius 3 is 1.95 bits per heavy atom. The van der Waals surface area contributed by atoms with Gasteiger partial charge in [0.25, 0.3) is 17.5 Å². The van der Waals surface area contributed by atoms with Crippen molar-refractivity contribution in [3.05, 3.63) is 44.5 Å². The number of nitro benzene ring substituents is 2. The molecule has 1 aromatic rings. The fraction of sp³-hybridized carbons (Fsp3) is 0.167. The summed E-state index contributed by atoms with van der Waals surface area (Å²) in [4.78, 5) is 46.1. The fourth-order valence-electron chi connectivity index (χ4n) is 2.10. The van der Waals surface area contributed by atoms with Gasteiger partial charge >= 0.3 is 5.69 Å². The van der Waals surface area contributed by atoms with Crippen LogP contribution in [0.15, 0.2) is 24.3 Å². The SMILES string of the molecule is CN(C)c1c(N2C(=O)C=CC2=O)cc([N+](=O)[O-])cc1[N+](=O)[O-]. The summed E-state index contributed by atoms with van der Waals surface area (Å²) in [6.45, 7) is 0. The summed E-state index contributed by atoms with van der Waals surface area (Å²) in [6.07, 6.45) is 1.98. The highest BCUT2D eigenvalue weighted by atomic mass is 16.6. The van der Waals surface area contributed by atoms with Crippen LogP contribution in [0.4, 0.5) is 22.7 Å². The molecule has 1 aromatic carbocycles. The molecule has 0 atom stereocenters. The van der Waals surface area contributed by atoms with Crippen LogP contribution in [0.5, 0.6) is 0 Å². The van der Waals surface area contributed by atoms with Crippen molar-refractivity contribution in [2.75, 3.05) is 23.9 Å². The number of hydrogen-bond donors (Lipinski definition) is 0. The molecular weight excluding hydrogens is 296 g/mol. The third-order valence-corrected chi connectivity index (χ3v) is 2.96. The average molecular weight is 306 g/mol. The molecule has 0 bridgehead atoms. The molecule has 10 heteroatoms. The Morgan fingerprint density at radius 1 is 1.00 bits per heavy atom. The first-order chi connectivity index (χ1) is 10.2. The molecule has 0 spiro atoms. The maximum absolute atomic E-state index is 11.8. The Kier molecular flexibility index (Phi) is 3.59. The van der Waals surface area contributed by atoms with Crippen molar-refractivity contribution >= 4 is 34.6 Å². The Morgan fingerprint density at radius 2 is 1.55 bits per heavy atom. The number of benzene rings is 1. The van der Waals surface area contributed by atoms with Crippen LogP contribution in [0, 0.1) is 20.2 Å². The van der Waals surface area contributed by atoms with Crippen LogP contribution in [0.3, 0.4) is 0 Å². The number of non-ortho nitro benzene ring substituents is 1. The van der Waals surface area contributed by atoms with E-state index in [4.69, 9.17) is 0 Å². The van der Waals surface area contributed by atoms with Crippen molar-refractivity contribution in [3.8, 4) is 0 Å². The normalized spacial score (nSPS) is 13.6. The van der Waals surface area contributed by atoms with Crippen LogP contribution >= 0.6 is 0 Å². The first-order valence-corrected chi connectivity index (χ1v) is 5.94. The number of rotatable bonds is 4. The predicted octanol–water partition coefficient (Wildman–Crippen LogP) is 0.998. The molecule has 114 valence electrons. The second-order valence-corrected chi connectivity index (χ2v) is 4.59. The quantitative estimate of drug-likeness (QED) is 0.461. The van der Waals surface area contributed by atoms with Gasteiger partial charge < -0.3 is 4.90 Å². The molecule has 0 fully saturated rings. The van der Waals surface area contributed by atoms with Crippen molar-refractivity contribution in [1.82, 2.24) is 0 Å². The van der Waals surface area contributed by atoms with Crippen molar-refractivity contribution < 1.29 is 19.4 Å². The minimum absolute atomic E-state index is 0.0685. The average Bonchev–Trinajstić information content (AvgIpc) is 2.76. The minimum atomic E-state index is -0.825. The summed E-state index contributed by atoms with van der Waals surface area (Å²) in [5.41, 5.74) is -1.42. The van der Waals surface area contributed by atoms with Gasteiger partial charge in [-0.15, -0.1) is 0 Å². The van der Waals surface area contributed by atoms with E-state index in [1.807, 2.05) is 0 Å². The van der Waals surface area contributed by atoms with Crippen molar-refractivity contribution in [3.63, 3.8) is 0 Å². The van der Waals surface area contributed by atoms with Crippen LogP contribution in [-0.2, 0) is 9.59 Å². The predicted molar refractivity (Wildman–Crippen MR) is 75.7 cm³/mol. The van der Waals surface area contributed by atoms with Gasteiger partial charge in [-0.05, 0) is 0 Å². The van der Waals surface area contributed by atoms with E-state index in [0.29, 0.717) is 4.90 Å². The Labute approximate surface area is 123 Å². The zero-order chi connectivity index (χ0) is 16.6. The van der Waals surface area contributed by atoms with Gasteiger partial charge in [0.1, 0.15) is 5.69 Å². The van der Waals surface area contributed by atoms with Crippen LogP contribution in [0.25, 0.3) is 0 Å². The van der Waals surface area contributed by atoms with E-state index < -0.39 is 33.0 Å². The number of carbonyl (C=O) groups is 2. The number of nitrogens with zero attached hydrogens (tertiary/aromatic N) is 4. The molecular formula is C12H10N4O6. The topological polar surface area (TPSA) is 127 Å². The molecule has 22 heavy (non-hydrogen) atoms. The highest BCUT2D eigenvalue weighted by molar-refractivity contribution is 6.29. The summed E-state index contributed by atoms with van der Waals surface area (Å²) < 4.78 is 0. The van der Waals surface area contributed by atoms with Crippen LogP contribution in [0.1, 0.15) is 0 Å². The number of hydrogen-bond acceptors (Lipinski definition) is 7. The molecule has 2 rings (SSSR count). The second kappa shape index (κ2) is 5.24. The van der Waals surface area contributed by atoms with Gasteiger partial charge in [0.2, 0.25) is 0 Å². The largest absolute Gasteiger partial charge is 0.370 e. The molecule has 0 unspecified atom stereocenters. The zero-order valence-electron chi connectivity index (χ0n) is 11.5. The lowest BCUT2D eigenvalue weighted by molar-refractivity contribution is -0.393. The van der Waals surface area contributed by atoms with Crippen LogP contribution < -0.4 is 9.80 Å². The first-order valence-electron chi connectivity index (χ1n) is 5.94. The summed E-state index contributed by atoms with van der Waals surface area (Å²) in [7, 11) is 2.94. The van der Waals surface area contributed by atoms with Crippen molar-refractivity contribution in [2.45, 2.75) is 0 Å². The van der Waals surface area contributed by atoms with Crippen LogP contribution in [-0.4, -0.2) is 35.8 Å². The maximum atomic E-state index is 11.8. The van der Waals surface area contributed by atoms with E-state index in [-0.39, 0.29) is 11.4 Å². The van der Waals surface area contributed by atoms with Gasteiger partial charge in [-0.3, -0.25) is 29.8 Å². The molecule has 2 amide bonds. The number of nitro groups is 2. The lowest BCUT2D eigenvalue weighted by Crippen LogP contribution is -2.31. The van der Waals surface area contributed by atoms with Gasteiger partial charge in [0.05, 0.1) is 21.6 Å². The van der Waals surface area contributed by atoms with E-state index in [9.17, 15) is 29.8 Å². The Bertz CT molecular complexity index is 721. The molecule has 1 aliphatic rings. The van der Waals surface area contributed by atoms with E-state index >= 15 is 0 Å². The highest BCUT2D eigenvalue weighted by Crippen LogP contribution is 2.41. The summed E-state index contributed by atoms with van der Waals surface area (Å²) in [5, 5.41) is 22.1. The van der Waals surface area contributed by atoms with E-state index in [1.165, 1.54) is 19.0 Å². The molecule has 1 heterocycles. The smallest absolute Gasteiger partial charge is 0.301 e. The fourth-order valence-corrected chi connectivity index (χ4v) is 2.10. The van der Waals surface area contributed by atoms with Crippen molar-refractivity contribution in [1.29, 1.82) is 0 Å². The Balaban J connectivity index is 2.80. The third kappa shape index (κ3) is 2.37. The van der Waals surface area contributed by atoms with E-state index in [1.54, 1.807) is 0 Å². The number of carbonyl (C=O) groups excluding carboxylic acids is 2. The molecule has 10 nitrogen and oxygen atoms in total. The summed E-state index contributed by atoms with van der Waals surface area (Å²) >= 11 is 0. The van der Waals surface area contributed by atoms with Gasteiger partial charge in [0, 0.05) is 32.3 Å². The number of anilines is 2. The second-order valence-electron chi connectivity index (χ2n) is 4.59. The molecule has 1 aliphatic heterocycles. The molecule has 0 saturated heterocycles. The zero-order valence-corrected chi connectivity index (χ0v) is 11.5. The maximum Gasteiger partial charge on any atom is 0.301 e.